The van der Waals surface area contributed by atoms with Gasteiger partial charge in [0.15, 0.2) is 0 Å². The molecule has 0 aromatic carbocycles. The molecule has 4 heteroatoms. The Labute approximate surface area is 92.8 Å². The van der Waals surface area contributed by atoms with Crippen molar-refractivity contribution in [1.29, 1.82) is 0 Å². The van der Waals surface area contributed by atoms with Crippen molar-refractivity contribution >= 4 is 5.97 Å². The SMILES string of the molecule is CCOC(=O)[C@H](N)C(C)(C)N(CC)CC. The summed E-state index contributed by atoms with van der Waals surface area (Å²) in [6.07, 6.45) is 0. The molecule has 4 nitrogen and oxygen atoms in total. The molecule has 0 rings (SSSR count). The van der Waals surface area contributed by atoms with Crippen molar-refractivity contribution in [2.45, 2.75) is 46.2 Å². The monoisotopic (exact) mass is 216 g/mol. The third kappa shape index (κ3) is 3.47. The average molecular weight is 216 g/mol. The number of nitrogens with zero attached hydrogens (tertiary/aromatic N) is 1. The van der Waals surface area contributed by atoms with Gasteiger partial charge in [0.1, 0.15) is 6.04 Å². The largest absolute Gasteiger partial charge is 0.465 e. The van der Waals surface area contributed by atoms with Gasteiger partial charge in [-0.3, -0.25) is 9.69 Å². The van der Waals surface area contributed by atoms with Gasteiger partial charge in [0.2, 0.25) is 0 Å². The zero-order chi connectivity index (χ0) is 12.1. The van der Waals surface area contributed by atoms with Crippen molar-refractivity contribution in [2.24, 2.45) is 5.73 Å². The van der Waals surface area contributed by atoms with Gasteiger partial charge >= 0.3 is 5.97 Å². The van der Waals surface area contributed by atoms with E-state index in [1.807, 2.05) is 13.8 Å². The summed E-state index contributed by atoms with van der Waals surface area (Å²) in [6, 6.07) is -0.600. The first-order valence-corrected chi connectivity index (χ1v) is 5.58. The van der Waals surface area contributed by atoms with Crippen LogP contribution in [0.15, 0.2) is 0 Å². The molecule has 0 aromatic heterocycles. The molecule has 0 unspecified atom stereocenters. The first-order chi connectivity index (χ1) is 6.91. The molecule has 0 fully saturated rings. The molecule has 0 saturated heterocycles. The summed E-state index contributed by atoms with van der Waals surface area (Å²) in [5.74, 6) is -0.325. The molecular weight excluding hydrogens is 192 g/mol. The summed E-state index contributed by atoms with van der Waals surface area (Å²) in [5.41, 5.74) is 5.55. The lowest BCUT2D eigenvalue weighted by atomic mass is 9.93. The van der Waals surface area contributed by atoms with Gasteiger partial charge in [0.25, 0.3) is 0 Å². The molecule has 15 heavy (non-hydrogen) atoms. The van der Waals surface area contributed by atoms with Gasteiger partial charge in [-0.05, 0) is 33.9 Å². The molecule has 0 aliphatic rings. The maximum atomic E-state index is 11.6. The van der Waals surface area contributed by atoms with E-state index in [2.05, 4.69) is 18.7 Å². The Balaban J connectivity index is 4.61. The van der Waals surface area contributed by atoms with Gasteiger partial charge in [0.05, 0.1) is 6.61 Å². The van der Waals surface area contributed by atoms with Crippen LogP contribution >= 0.6 is 0 Å². The minimum Gasteiger partial charge on any atom is -0.465 e. The molecule has 0 amide bonds. The van der Waals surface area contributed by atoms with E-state index in [9.17, 15) is 4.79 Å². The van der Waals surface area contributed by atoms with E-state index in [0.29, 0.717) is 6.61 Å². The Morgan fingerprint density at radius 1 is 1.33 bits per heavy atom. The molecule has 2 N–H and O–H groups in total. The van der Waals surface area contributed by atoms with Gasteiger partial charge < -0.3 is 10.5 Å². The van der Waals surface area contributed by atoms with Gasteiger partial charge in [0, 0.05) is 5.54 Å². The van der Waals surface area contributed by atoms with E-state index in [1.54, 1.807) is 6.92 Å². The zero-order valence-electron chi connectivity index (χ0n) is 10.5. The van der Waals surface area contributed by atoms with Crippen LogP contribution in [0.1, 0.15) is 34.6 Å². The molecule has 0 spiro atoms. The summed E-state index contributed by atoms with van der Waals surface area (Å²) < 4.78 is 4.94. The molecule has 0 aliphatic heterocycles. The van der Waals surface area contributed by atoms with Crippen LogP contribution in [-0.2, 0) is 9.53 Å². The van der Waals surface area contributed by atoms with Crippen molar-refractivity contribution in [3.63, 3.8) is 0 Å². The van der Waals surface area contributed by atoms with Crippen molar-refractivity contribution in [3.05, 3.63) is 0 Å². The molecule has 0 bridgehead atoms. The van der Waals surface area contributed by atoms with Crippen LogP contribution in [0.25, 0.3) is 0 Å². The molecule has 0 saturated carbocycles. The lowest BCUT2D eigenvalue weighted by Gasteiger charge is -2.40. The summed E-state index contributed by atoms with van der Waals surface area (Å²) in [7, 11) is 0. The number of rotatable bonds is 6. The highest BCUT2D eigenvalue weighted by Crippen LogP contribution is 2.18. The number of hydrogen-bond acceptors (Lipinski definition) is 4. The molecule has 0 heterocycles. The summed E-state index contributed by atoms with van der Waals surface area (Å²) >= 11 is 0. The van der Waals surface area contributed by atoms with E-state index in [4.69, 9.17) is 10.5 Å². The lowest BCUT2D eigenvalue weighted by Crippen LogP contribution is -2.59. The third-order valence-corrected chi connectivity index (χ3v) is 2.88. The van der Waals surface area contributed by atoms with E-state index in [1.165, 1.54) is 0 Å². The van der Waals surface area contributed by atoms with Crippen LogP contribution in [0, 0.1) is 0 Å². The second-order valence-electron chi connectivity index (χ2n) is 4.06. The van der Waals surface area contributed by atoms with Crippen molar-refractivity contribution in [2.75, 3.05) is 19.7 Å². The maximum Gasteiger partial charge on any atom is 0.324 e. The number of nitrogens with two attached hydrogens (primary N) is 1. The van der Waals surface area contributed by atoms with Crippen LogP contribution < -0.4 is 5.73 Å². The quantitative estimate of drug-likeness (QED) is 0.673. The lowest BCUT2D eigenvalue weighted by molar-refractivity contribution is -0.148. The standard InChI is InChI=1S/C11H24N2O2/c1-6-13(7-2)11(4,5)9(12)10(14)15-8-3/h9H,6-8,12H2,1-5H3/t9-/m0/s1. The number of carbonyl (C=O) groups is 1. The van der Waals surface area contributed by atoms with Crippen LogP contribution in [0.5, 0.6) is 0 Å². The van der Waals surface area contributed by atoms with Gasteiger partial charge in [-0.25, -0.2) is 0 Å². The highest BCUT2D eigenvalue weighted by Gasteiger charge is 2.36. The third-order valence-electron chi connectivity index (χ3n) is 2.88. The number of ether oxygens (including phenoxy) is 1. The van der Waals surface area contributed by atoms with Crippen LogP contribution in [-0.4, -0.2) is 42.1 Å². The average Bonchev–Trinajstić information content (AvgIpc) is 2.18. The fourth-order valence-corrected chi connectivity index (χ4v) is 1.76. The predicted octanol–water partition coefficient (Wildman–Crippen LogP) is 0.997. The fourth-order valence-electron chi connectivity index (χ4n) is 1.76. The minimum absolute atomic E-state index is 0.325. The number of esters is 1. The van der Waals surface area contributed by atoms with E-state index in [-0.39, 0.29) is 11.5 Å². The number of hydrogen-bond donors (Lipinski definition) is 1. The van der Waals surface area contributed by atoms with Crippen molar-refractivity contribution in [3.8, 4) is 0 Å². The fraction of sp³-hybridized carbons (Fsp3) is 0.909. The Morgan fingerprint density at radius 2 is 1.80 bits per heavy atom. The molecular formula is C11H24N2O2. The topological polar surface area (TPSA) is 55.6 Å². The molecule has 0 aromatic rings. The normalized spacial score (nSPS) is 14.1. The number of carbonyl (C=O) groups excluding carboxylic acids is 1. The van der Waals surface area contributed by atoms with Crippen LogP contribution in [0.3, 0.4) is 0 Å². The first kappa shape index (κ1) is 14.4. The van der Waals surface area contributed by atoms with Crippen LogP contribution in [0.2, 0.25) is 0 Å². The Hall–Kier alpha value is -0.610. The molecule has 0 aliphatic carbocycles. The minimum atomic E-state index is -0.600. The maximum absolute atomic E-state index is 11.6. The Bertz CT molecular complexity index is 201. The van der Waals surface area contributed by atoms with E-state index in [0.717, 1.165) is 13.1 Å². The number of likely N-dealkylation sites (N-methyl/N-ethyl adjacent to an activating group) is 1. The zero-order valence-corrected chi connectivity index (χ0v) is 10.5. The second-order valence-corrected chi connectivity index (χ2v) is 4.06. The van der Waals surface area contributed by atoms with E-state index >= 15 is 0 Å². The van der Waals surface area contributed by atoms with Crippen LogP contribution in [0.4, 0.5) is 0 Å². The molecule has 1 atom stereocenters. The van der Waals surface area contributed by atoms with E-state index < -0.39 is 6.04 Å². The Morgan fingerprint density at radius 3 is 2.13 bits per heavy atom. The summed E-state index contributed by atoms with van der Waals surface area (Å²) in [6.45, 7) is 12.0. The summed E-state index contributed by atoms with van der Waals surface area (Å²) in [4.78, 5) is 13.7. The summed E-state index contributed by atoms with van der Waals surface area (Å²) in [5, 5.41) is 0. The smallest absolute Gasteiger partial charge is 0.324 e. The molecule has 0 radical (unpaired) electrons. The van der Waals surface area contributed by atoms with Crippen molar-refractivity contribution < 1.29 is 9.53 Å². The highest BCUT2D eigenvalue weighted by molar-refractivity contribution is 5.77. The Kier molecular flexibility index (Phi) is 5.83. The molecule has 90 valence electrons. The highest BCUT2D eigenvalue weighted by atomic mass is 16.5. The van der Waals surface area contributed by atoms with Crippen molar-refractivity contribution in [1.82, 2.24) is 4.90 Å². The van der Waals surface area contributed by atoms with Gasteiger partial charge in [-0.1, -0.05) is 13.8 Å². The van der Waals surface area contributed by atoms with Gasteiger partial charge in [-0.2, -0.15) is 0 Å². The first-order valence-electron chi connectivity index (χ1n) is 5.58. The predicted molar refractivity (Wildman–Crippen MR) is 61.6 cm³/mol. The van der Waals surface area contributed by atoms with Gasteiger partial charge in [-0.15, -0.1) is 0 Å². The second kappa shape index (κ2) is 6.08.